The van der Waals surface area contributed by atoms with Crippen molar-refractivity contribution in [3.63, 3.8) is 0 Å². The van der Waals surface area contributed by atoms with E-state index >= 15 is 0 Å². The number of rotatable bonds is 4. The normalized spacial score (nSPS) is 19.5. The van der Waals surface area contributed by atoms with Gasteiger partial charge in [0.05, 0.1) is 0 Å². The van der Waals surface area contributed by atoms with E-state index in [0.717, 1.165) is 57.2 Å². The van der Waals surface area contributed by atoms with E-state index in [4.69, 9.17) is 5.73 Å². The van der Waals surface area contributed by atoms with Gasteiger partial charge in [-0.15, -0.1) is 0 Å². The minimum atomic E-state index is 0.0726. The van der Waals surface area contributed by atoms with Crippen LogP contribution in [0.5, 0.6) is 0 Å². The van der Waals surface area contributed by atoms with Crippen LogP contribution in [0, 0.1) is 5.92 Å². The van der Waals surface area contributed by atoms with E-state index in [0.29, 0.717) is 12.1 Å². The quantitative estimate of drug-likeness (QED) is 0.888. The maximum Gasteiger partial charge on any atom is 0.253 e. The molecule has 3 N–H and O–H groups in total. The summed E-state index contributed by atoms with van der Waals surface area (Å²) in [5.74, 6) is 0.428. The fraction of sp³-hybridized carbons (Fsp3) is 0.579. The summed E-state index contributed by atoms with van der Waals surface area (Å²) >= 11 is 0. The van der Waals surface area contributed by atoms with E-state index in [9.17, 15) is 9.59 Å². The van der Waals surface area contributed by atoms with Crippen LogP contribution in [-0.2, 0) is 11.3 Å². The predicted octanol–water partition coefficient (Wildman–Crippen LogP) is 2.06. The number of nitrogens with two attached hydrogens (primary N) is 1. The highest BCUT2D eigenvalue weighted by Gasteiger charge is 2.23. The Balaban J connectivity index is 1.51. The molecule has 1 heterocycles. The van der Waals surface area contributed by atoms with E-state index in [2.05, 4.69) is 5.32 Å². The Labute approximate surface area is 143 Å². The van der Waals surface area contributed by atoms with Gasteiger partial charge in [0.15, 0.2) is 0 Å². The molecule has 5 nitrogen and oxygen atoms in total. The highest BCUT2D eigenvalue weighted by Crippen LogP contribution is 2.24. The van der Waals surface area contributed by atoms with Crippen molar-refractivity contribution in [3.05, 3.63) is 35.4 Å². The van der Waals surface area contributed by atoms with Crippen molar-refractivity contribution >= 4 is 11.8 Å². The summed E-state index contributed by atoms with van der Waals surface area (Å²) in [7, 11) is 0. The van der Waals surface area contributed by atoms with Crippen molar-refractivity contribution in [2.75, 3.05) is 13.1 Å². The number of benzene rings is 1. The monoisotopic (exact) mass is 329 g/mol. The molecule has 5 heteroatoms. The van der Waals surface area contributed by atoms with Crippen molar-refractivity contribution < 1.29 is 9.59 Å². The van der Waals surface area contributed by atoms with Gasteiger partial charge in [0.2, 0.25) is 5.91 Å². The Morgan fingerprint density at radius 2 is 1.67 bits per heavy atom. The first-order valence-corrected chi connectivity index (χ1v) is 9.05. The Morgan fingerprint density at radius 1 is 1.04 bits per heavy atom. The first kappa shape index (κ1) is 17.0. The average molecular weight is 329 g/mol. The topological polar surface area (TPSA) is 75.4 Å². The maximum absolute atomic E-state index is 12.5. The minimum absolute atomic E-state index is 0.0726. The van der Waals surface area contributed by atoms with E-state index in [1.165, 1.54) is 0 Å². The molecule has 3 rings (SSSR count). The Hall–Kier alpha value is -1.88. The molecule has 0 spiro atoms. The molecule has 0 aromatic heterocycles. The third-order valence-electron chi connectivity index (χ3n) is 5.22. The minimum Gasteiger partial charge on any atom is -0.352 e. The van der Waals surface area contributed by atoms with Crippen LogP contribution >= 0.6 is 0 Å². The second-order valence-electron chi connectivity index (χ2n) is 7.03. The summed E-state index contributed by atoms with van der Waals surface area (Å²) < 4.78 is 0. The van der Waals surface area contributed by atoms with Crippen LogP contribution in [0.25, 0.3) is 0 Å². The van der Waals surface area contributed by atoms with Crippen LogP contribution in [0.4, 0.5) is 0 Å². The second-order valence-corrected chi connectivity index (χ2v) is 7.03. The van der Waals surface area contributed by atoms with Gasteiger partial charge in [0.25, 0.3) is 5.91 Å². The summed E-state index contributed by atoms with van der Waals surface area (Å²) in [5, 5.41) is 3.01. The average Bonchev–Trinajstić information content (AvgIpc) is 3.15. The second kappa shape index (κ2) is 7.79. The first-order valence-electron chi connectivity index (χ1n) is 9.05. The lowest BCUT2D eigenvalue weighted by Crippen LogP contribution is -2.42. The Kier molecular flexibility index (Phi) is 5.51. The zero-order valence-corrected chi connectivity index (χ0v) is 14.2. The SMILES string of the molecule is NC1CCN(C(=O)c2ccc(CNC(=O)C3CCCC3)cc2)CC1. The summed E-state index contributed by atoms with van der Waals surface area (Å²) in [6, 6.07) is 7.79. The largest absolute Gasteiger partial charge is 0.352 e. The zero-order chi connectivity index (χ0) is 16.9. The molecular formula is C19H27N3O2. The maximum atomic E-state index is 12.5. The highest BCUT2D eigenvalue weighted by atomic mass is 16.2. The molecule has 2 aliphatic rings. The number of nitrogens with one attached hydrogen (secondary N) is 1. The van der Waals surface area contributed by atoms with Crippen molar-refractivity contribution in [2.24, 2.45) is 11.7 Å². The number of piperidine rings is 1. The lowest BCUT2D eigenvalue weighted by molar-refractivity contribution is -0.124. The highest BCUT2D eigenvalue weighted by molar-refractivity contribution is 5.94. The Bertz CT molecular complexity index is 571. The predicted molar refractivity (Wildman–Crippen MR) is 93.4 cm³/mol. The summed E-state index contributed by atoms with van der Waals surface area (Å²) in [6.07, 6.45) is 6.10. The van der Waals surface area contributed by atoms with Gasteiger partial charge >= 0.3 is 0 Å². The van der Waals surface area contributed by atoms with E-state index < -0.39 is 0 Å². The molecule has 2 fully saturated rings. The van der Waals surface area contributed by atoms with Crippen LogP contribution in [0.3, 0.4) is 0 Å². The van der Waals surface area contributed by atoms with Gasteiger partial charge in [0, 0.05) is 37.2 Å². The van der Waals surface area contributed by atoms with Gasteiger partial charge in [-0.2, -0.15) is 0 Å². The molecule has 0 atom stereocenters. The van der Waals surface area contributed by atoms with Gasteiger partial charge in [0.1, 0.15) is 0 Å². The van der Waals surface area contributed by atoms with Gasteiger partial charge < -0.3 is 16.0 Å². The molecule has 1 aromatic rings. The summed E-state index contributed by atoms with van der Waals surface area (Å²) in [5.41, 5.74) is 7.62. The van der Waals surface area contributed by atoms with Crippen molar-refractivity contribution in [2.45, 2.75) is 51.1 Å². The molecule has 1 saturated heterocycles. The third kappa shape index (κ3) is 4.15. The van der Waals surface area contributed by atoms with E-state index in [1.807, 2.05) is 29.2 Å². The number of carbonyl (C=O) groups excluding carboxylic acids is 2. The number of amides is 2. The Morgan fingerprint density at radius 3 is 2.29 bits per heavy atom. The molecule has 24 heavy (non-hydrogen) atoms. The van der Waals surface area contributed by atoms with Crippen LogP contribution in [0.15, 0.2) is 24.3 Å². The van der Waals surface area contributed by atoms with Crippen molar-refractivity contribution in [1.82, 2.24) is 10.2 Å². The molecular weight excluding hydrogens is 302 g/mol. The van der Waals surface area contributed by atoms with E-state index in [1.54, 1.807) is 0 Å². The molecule has 1 aromatic carbocycles. The molecule has 130 valence electrons. The summed E-state index contributed by atoms with van der Waals surface area (Å²) in [6.45, 7) is 2.00. The lowest BCUT2D eigenvalue weighted by Gasteiger charge is -2.30. The van der Waals surface area contributed by atoms with E-state index in [-0.39, 0.29) is 23.8 Å². The first-order chi connectivity index (χ1) is 11.6. The molecule has 0 bridgehead atoms. The summed E-state index contributed by atoms with van der Waals surface area (Å²) in [4.78, 5) is 26.4. The molecule has 0 radical (unpaired) electrons. The number of hydrogen-bond donors (Lipinski definition) is 2. The third-order valence-corrected chi connectivity index (χ3v) is 5.22. The fourth-order valence-corrected chi connectivity index (χ4v) is 3.57. The molecule has 2 amide bonds. The van der Waals surface area contributed by atoms with Gasteiger partial charge in [-0.05, 0) is 43.4 Å². The molecule has 1 saturated carbocycles. The molecule has 0 unspecified atom stereocenters. The van der Waals surface area contributed by atoms with Crippen molar-refractivity contribution in [1.29, 1.82) is 0 Å². The van der Waals surface area contributed by atoms with Crippen molar-refractivity contribution in [3.8, 4) is 0 Å². The van der Waals surface area contributed by atoms with Gasteiger partial charge in [-0.25, -0.2) is 0 Å². The smallest absolute Gasteiger partial charge is 0.253 e. The number of nitrogens with zero attached hydrogens (tertiary/aromatic N) is 1. The van der Waals surface area contributed by atoms with Crippen LogP contribution in [-0.4, -0.2) is 35.8 Å². The number of carbonyl (C=O) groups is 2. The molecule has 1 aliphatic heterocycles. The standard InChI is InChI=1S/C19H27N3O2/c20-17-9-11-22(12-10-17)19(24)16-7-5-14(6-8-16)13-21-18(23)15-3-1-2-4-15/h5-8,15,17H,1-4,9-13,20H2,(H,21,23). The zero-order valence-electron chi connectivity index (χ0n) is 14.2. The fourth-order valence-electron chi connectivity index (χ4n) is 3.57. The van der Waals surface area contributed by atoms with Gasteiger partial charge in [-0.3, -0.25) is 9.59 Å². The van der Waals surface area contributed by atoms with Crippen LogP contribution < -0.4 is 11.1 Å². The number of likely N-dealkylation sites (tertiary alicyclic amines) is 1. The number of hydrogen-bond acceptors (Lipinski definition) is 3. The van der Waals surface area contributed by atoms with Crippen LogP contribution in [0.1, 0.15) is 54.4 Å². The van der Waals surface area contributed by atoms with Gasteiger partial charge in [-0.1, -0.05) is 25.0 Å². The molecule has 1 aliphatic carbocycles. The lowest BCUT2D eigenvalue weighted by atomic mass is 10.0. The van der Waals surface area contributed by atoms with Crippen LogP contribution in [0.2, 0.25) is 0 Å².